The van der Waals surface area contributed by atoms with Gasteiger partial charge in [0.1, 0.15) is 0 Å². The van der Waals surface area contributed by atoms with E-state index in [1.165, 1.54) is 0 Å². The third-order valence-electron chi connectivity index (χ3n) is 4.00. The van der Waals surface area contributed by atoms with Crippen molar-refractivity contribution in [2.75, 3.05) is 7.11 Å². The van der Waals surface area contributed by atoms with Crippen LogP contribution in [0.2, 0.25) is 0 Å². The van der Waals surface area contributed by atoms with E-state index in [9.17, 15) is 10.2 Å². The minimum Gasteiger partial charge on any atom is -0.389 e. The summed E-state index contributed by atoms with van der Waals surface area (Å²) >= 11 is 0. The van der Waals surface area contributed by atoms with Crippen LogP contribution < -0.4 is 0 Å². The maximum absolute atomic E-state index is 9.77. The summed E-state index contributed by atoms with van der Waals surface area (Å²) < 4.78 is 5.03. The van der Waals surface area contributed by atoms with Gasteiger partial charge in [0.05, 0.1) is 6.10 Å². The number of hydrogen-bond donors (Lipinski definition) is 2. The number of allylic oxidation sites excluding steroid dienone is 1. The minimum atomic E-state index is -0.661. The number of hydrogen-bond acceptors (Lipinski definition) is 3. The Kier molecular flexibility index (Phi) is 10.2. The van der Waals surface area contributed by atoms with E-state index in [2.05, 4.69) is 19.9 Å². The molecular formula is C16H32O3. The van der Waals surface area contributed by atoms with Gasteiger partial charge in [0.25, 0.3) is 0 Å². The standard InChI is InChI=1S/C16H32O3/c1-6-9-15(13(3)16(18)19-5)11-8-7-10-12(2)14(4)17/h10,13-18H,6-9,11H2,1-5H3/b12-10+. The van der Waals surface area contributed by atoms with E-state index in [0.717, 1.165) is 37.7 Å². The molecule has 114 valence electrons. The van der Waals surface area contributed by atoms with Crippen LogP contribution in [0.4, 0.5) is 0 Å². The van der Waals surface area contributed by atoms with Gasteiger partial charge in [-0.15, -0.1) is 0 Å². The van der Waals surface area contributed by atoms with Gasteiger partial charge in [0, 0.05) is 13.0 Å². The first-order valence-electron chi connectivity index (χ1n) is 7.49. The zero-order chi connectivity index (χ0) is 14.8. The van der Waals surface area contributed by atoms with Crippen LogP contribution in [-0.2, 0) is 4.74 Å². The fourth-order valence-electron chi connectivity index (χ4n) is 2.37. The summed E-state index contributed by atoms with van der Waals surface area (Å²) in [5.41, 5.74) is 1.04. The summed E-state index contributed by atoms with van der Waals surface area (Å²) in [6, 6.07) is 0. The number of unbranched alkanes of at least 4 members (excludes halogenated alkanes) is 1. The first-order chi connectivity index (χ1) is 8.93. The van der Waals surface area contributed by atoms with E-state index < -0.39 is 6.29 Å². The maximum Gasteiger partial charge on any atom is 0.156 e. The van der Waals surface area contributed by atoms with Crippen molar-refractivity contribution >= 4 is 0 Å². The molecule has 0 aliphatic heterocycles. The monoisotopic (exact) mass is 272 g/mol. The van der Waals surface area contributed by atoms with E-state index in [4.69, 9.17) is 4.74 Å². The van der Waals surface area contributed by atoms with E-state index in [0.29, 0.717) is 5.92 Å². The van der Waals surface area contributed by atoms with Crippen molar-refractivity contribution < 1.29 is 14.9 Å². The van der Waals surface area contributed by atoms with Crippen LogP contribution >= 0.6 is 0 Å². The van der Waals surface area contributed by atoms with Gasteiger partial charge in [-0.05, 0) is 44.6 Å². The van der Waals surface area contributed by atoms with Crippen LogP contribution in [-0.4, -0.2) is 29.7 Å². The molecule has 0 saturated heterocycles. The molecule has 0 aromatic carbocycles. The lowest BCUT2D eigenvalue weighted by molar-refractivity contribution is -0.123. The minimum absolute atomic E-state index is 0.173. The summed E-state index contributed by atoms with van der Waals surface area (Å²) in [6.45, 7) is 8.00. The molecule has 0 aliphatic rings. The van der Waals surface area contributed by atoms with Crippen LogP contribution in [0.25, 0.3) is 0 Å². The molecule has 19 heavy (non-hydrogen) atoms. The number of aliphatic hydroxyl groups is 2. The Morgan fingerprint density at radius 1 is 1.21 bits per heavy atom. The average Bonchev–Trinajstić information content (AvgIpc) is 2.39. The van der Waals surface area contributed by atoms with Gasteiger partial charge >= 0.3 is 0 Å². The summed E-state index contributed by atoms with van der Waals surface area (Å²) in [6.07, 6.45) is 6.55. The van der Waals surface area contributed by atoms with Crippen molar-refractivity contribution in [3.05, 3.63) is 11.6 Å². The summed E-state index contributed by atoms with van der Waals surface area (Å²) in [5, 5.41) is 19.2. The molecule has 0 amide bonds. The molecular weight excluding hydrogens is 240 g/mol. The molecule has 3 nitrogen and oxygen atoms in total. The van der Waals surface area contributed by atoms with E-state index in [1.807, 2.05) is 6.92 Å². The number of rotatable bonds is 10. The highest BCUT2D eigenvalue weighted by Gasteiger charge is 2.22. The fourth-order valence-corrected chi connectivity index (χ4v) is 2.37. The molecule has 0 spiro atoms. The van der Waals surface area contributed by atoms with Crippen molar-refractivity contribution in [2.24, 2.45) is 11.8 Å². The predicted octanol–water partition coefficient (Wildman–Crippen LogP) is 3.50. The summed E-state index contributed by atoms with van der Waals surface area (Å²) in [4.78, 5) is 0. The van der Waals surface area contributed by atoms with Crippen LogP contribution in [0.1, 0.15) is 59.8 Å². The lowest BCUT2D eigenvalue weighted by Crippen LogP contribution is -2.27. The summed E-state index contributed by atoms with van der Waals surface area (Å²) in [5.74, 6) is 0.673. The van der Waals surface area contributed by atoms with Gasteiger partial charge in [0.15, 0.2) is 6.29 Å². The Labute approximate surface area is 118 Å². The van der Waals surface area contributed by atoms with Crippen LogP contribution in [0, 0.1) is 11.8 Å². The van der Waals surface area contributed by atoms with Crippen molar-refractivity contribution in [1.82, 2.24) is 0 Å². The van der Waals surface area contributed by atoms with E-state index >= 15 is 0 Å². The SMILES string of the molecule is CCCC(CCC/C=C(\C)C(C)O)C(C)C(O)OC. The van der Waals surface area contributed by atoms with Crippen molar-refractivity contribution in [3.63, 3.8) is 0 Å². The quantitative estimate of drug-likeness (QED) is 0.363. The van der Waals surface area contributed by atoms with Gasteiger partial charge in [-0.3, -0.25) is 0 Å². The highest BCUT2D eigenvalue weighted by atomic mass is 16.6. The lowest BCUT2D eigenvalue weighted by Gasteiger charge is -2.26. The summed E-state index contributed by atoms with van der Waals surface area (Å²) in [7, 11) is 1.55. The second kappa shape index (κ2) is 10.4. The maximum atomic E-state index is 9.77. The molecule has 0 rings (SSSR count). The normalized spacial score (nSPS) is 19.0. The second-order valence-corrected chi connectivity index (χ2v) is 5.59. The van der Waals surface area contributed by atoms with Crippen molar-refractivity contribution in [2.45, 2.75) is 72.2 Å². The zero-order valence-corrected chi connectivity index (χ0v) is 13.2. The molecule has 0 heterocycles. The molecule has 0 radical (unpaired) electrons. The van der Waals surface area contributed by atoms with E-state index in [1.54, 1.807) is 14.0 Å². The lowest BCUT2D eigenvalue weighted by atomic mass is 9.85. The molecule has 4 atom stereocenters. The Balaban J connectivity index is 4.18. The smallest absolute Gasteiger partial charge is 0.156 e. The van der Waals surface area contributed by atoms with Gasteiger partial charge in [-0.1, -0.05) is 32.8 Å². The van der Waals surface area contributed by atoms with E-state index in [-0.39, 0.29) is 12.0 Å². The molecule has 0 aromatic heterocycles. The molecule has 3 heteroatoms. The van der Waals surface area contributed by atoms with Crippen LogP contribution in [0.3, 0.4) is 0 Å². The molecule has 0 saturated carbocycles. The Morgan fingerprint density at radius 3 is 2.32 bits per heavy atom. The molecule has 0 bridgehead atoms. The molecule has 0 aromatic rings. The second-order valence-electron chi connectivity index (χ2n) is 5.59. The first-order valence-corrected chi connectivity index (χ1v) is 7.49. The molecule has 0 fully saturated rings. The Bertz CT molecular complexity index is 248. The third kappa shape index (κ3) is 7.71. The predicted molar refractivity (Wildman–Crippen MR) is 79.9 cm³/mol. The zero-order valence-electron chi connectivity index (χ0n) is 13.2. The molecule has 0 aliphatic carbocycles. The number of methoxy groups -OCH3 is 1. The topological polar surface area (TPSA) is 49.7 Å². The first kappa shape index (κ1) is 18.6. The van der Waals surface area contributed by atoms with Crippen LogP contribution in [0.15, 0.2) is 11.6 Å². The third-order valence-corrected chi connectivity index (χ3v) is 4.00. The molecule has 2 N–H and O–H groups in total. The fraction of sp³-hybridized carbons (Fsp3) is 0.875. The van der Waals surface area contributed by atoms with Gasteiger partial charge in [0.2, 0.25) is 0 Å². The molecule has 4 unspecified atom stereocenters. The average molecular weight is 272 g/mol. The van der Waals surface area contributed by atoms with Crippen LogP contribution in [0.5, 0.6) is 0 Å². The van der Waals surface area contributed by atoms with Crippen molar-refractivity contribution in [3.8, 4) is 0 Å². The number of aliphatic hydroxyl groups excluding tert-OH is 2. The largest absolute Gasteiger partial charge is 0.389 e. The van der Waals surface area contributed by atoms with Gasteiger partial charge < -0.3 is 14.9 Å². The Morgan fingerprint density at radius 2 is 1.84 bits per heavy atom. The van der Waals surface area contributed by atoms with Gasteiger partial charge in [-0.2, -0.15) is 0 Å². The highest BCUT2D eigenvalue weighted by molar-refractivity contribution is 5.02. The highest BCUT2D eigenvalue weighted by Crippen LogP contribution is 2.26. The van der Waals surface area contributed by atoms with Crippen molar-refractivity contribution in [1.29, 1.82) is 0 Å². The number of ether oxygens (including phenoxy) is 1. The Hall–Kier alpha value is -0.380. The van der Waals surface area contributed by atoms with Gasteiger partial charge in [-0.25, -0.2) is 0 Å².